The summed E-state index contributed by atoms with van der Waals surface area (Å²) in [4.78, 5) is 21.3. The number of hydrogen-bond donors (Lipinski definition) is 0. The molecule has 6 heteroatoms. The molecule has 1 saturated carbocycles. The van der Waals surface area contributed by atoms with Gasteiger partial charge in [0.1, 0.15) is 12.2 Å². The third kappa shape index (κ3) is 4.11. The second kappa shape index (κ2) is 7.82. The van der Waals surface area contributed by atoms with E-state index < -0.39 is 0 Å². The first-order valence-electron chi connectivity index (χ1n) is 9.97. The van der Waals surface area contributed by atoms with Crippen LogP contribution in [0.2, 0.25) is 0 Å². The van der Waals surface area contributed by atoms with Crippen LogP contribution in [0, 0.1) is 5.92 Å². The molecule has 2 aliphatic heterocycles. The molecule has 0 aromatic carbocycles. The fourth-order valence-electron chi connectivity index (χ4n) is 3.74. The molecule has 2 saturated heterocycles. The van der Waals surface area contributed by atoms with Crippen molar-refractivity contribution in [3.8, 4) is 5.75 Å². The lowest BCUT2D eigenvalue weighted by molar-refractivity contribution is -0.142. The van der Waals surface area contributed by atoms with Crippen molar-refractivity contribution in [3.63, 3.8) is 0 Å². The summed E-state index contributed by atoms with van der Waals surface area (Å²) >= 11 is 0. The van der Waals surface area contributed by atoms with E-state index in [0.29, 0.717) is 12.5 Å². The molecule has 1 aromatic rings. The summed E-state index contributed by atoms with van der Waals surface area (Å²) in [7, 11) is 0. The van der Waals surface area contributed by atoms with Crippen molar-refractivity contribution in [2.45, 2.75) is 51.2 Å². The van der Waals surface area contributed by atoms with Crippen LogP contribution in [0.4, 0.5) is 5.82 Å². The van der Waals surface area contributed by atoms with Crippen LogP contribution in [-0.2, 0) is 9.53 Å². The maximum absolute atomic E-state index is 12.6. The molecule has 142 valence electrons. The largest absolute Gasteiger partial charge is 0.485 e. The SMILES string of the molecule is C[C@H](OCC1CC1)C(=O)N1CC[C@H](Oc2cccnc2N2CCCC2)C1. The second-order valence-electron chi connectivity index (χ2n) is 7.75. The number of aromatic nitrogens is 1. The van der Waals surface area contributed by atoms with Gasteiger partial charge in [0.05, 0.1) is 13.2 Å². The fourth-order valence-corrected chi connectivity index (χ4v) is 3.74. The maximum Gasteiger partial charge on any atom is 0.251 e. The van der Waals surface area contributed by atoms with E-state index in [-0.39, 0.29) is 18.1 Å². The van der Waals surface area contributed by atoms with Crippen LogP contribution in [0.3, 0.4) is 0 Å². The summed E-state index contributed by atoms with van der Waals surface area (Å²) in [5, 5.41) is 0. The average Bonchev–Trinajstić information content (AvgIpc) is 3.12. The lowest BCUT2D eigenvalue weighted by Crippen LogP contribution is -2.39. The van der Waals surface area contributed by atoms with Gasteiger partial charge in [0, 0.05) is 32.3 Å². The van der Waals surface area contributed by atoms with Crippen LogP contribution in [0.15, 0.2) is 18.3 Å². The minimum absolute atomic E-state index is 0.0279. The van der Waals surface area contributed by atoms with E-state index >= 15 is 0 Å². The zero-order chi connectivity index (χ0) is 17.9. The Hall–Kier alpha value is -1.82. The number of hydrogen-bond acceptors (Lipinski definition) is 5. The number of carbonyl (C=O) groups is 1. The van der Waals surface area contributed by atoms with E-state index in [9.17, 15) is 4.79 Å². The summed E-state index contributed by atoms with van der Waals surface area (Å²) in [5.41, 5.74) is 0. The van der Waals surface area contributed by atoms with Gasteiger partial charge in [-0.25, -0.2) is 4.98 Å². The lowest BCUT2D eigenvalue weighted by atomic mass is 10.3. The Labute approximate surface area is 155 Å². The number of rotatable bonds is 7. The minimum atomic E-state index is -0.354. The van der Waals surface area contributed by atoms with Crippen molar-refractivity contribution >= 4 is 11.7 Å². The highest BCUT2D eigenvalue weighted by molar-refractivity contribution is 5.80. The minimum Gasteiger partial charge on any atom is -0.485 e. The van der Waals surface area contributed by atoms with Gasteiger partial charge in [-0.1, -0.05) is 0 Å². The highest BCUT2D eigenvalue weighted by Gasteiger charge is 2.32. The smallest absolute Gasteiger partial charge is 0.251 e. The van der Waals surface area contributed by atoms with E-state index in [2.05, 4.69) is 9.88 Å². The van der Waals surface area contributed by atoms with Crippen molar-refractivity contribution in [1.82, 2.24) is 9.88 Å². The van der Waals surface area contributed by atoms with E-state index in [1.54, 1.807) is 0 Å². The number of anilines is 1. The Morgan fingerprint density at radius 3 is 2.85 bits per heavy atom. The molecule has 6 nitrogen and oxygen atoms in total. The molecule has 1 amide bonds. The Kier molecular flexibility index (Phi) is 5.29. The Balaban J connectivity index is 1.32. The summed E-state index contributed by atoms with van der Waals surface area (Å²) in [6.07, 6.45) is 7.25. The second-order valence-corrected chi connectivity index (χ2v) is 7.75. The van der Waals surface area contributed by atoms with E-state index in [1.807, 2.05) is 30.2 Å². The van der Waals surface area contributed by atoms with Crippen LogP contribution in [0.1, 0.15) is 39.0 Å². The molecule has 26 heavy (non-hydrogen) atoms. The molecule has 0 N–H and O–H groups in total. The van der Waals surface area contributed by atoms with E-state index in [0.717, 1.165) is 44.2 Å². The first-order valence-corrected chi connectivity index (χ1v) is 9.97. The number of likely N-dealkylation sites (tertiary alicyclic amines) is 1. The van der Waals surface area contributed by atoms with Crippen molar-refractivity contribution < 1.29 is 14.3 Å². The van der Waals surface area contributed by atoms with Crippen LogP contribution in [0.25, 0.3) is 0 Å². The molecule has 0 bridgehead atoms. The van der Waals surface area contributed by atoms with Gasteiger partial charge >= 0.3 is 0 Å². The Morgan fingerprint density at radius 2 is 2.08 bits per heavy atom. The van der Waals surface area contributed by atoms with Gasteiger partial charge < -0.3 is 19.3 Å². The van der Waals surface area contributed by atoms with E-state index in [4.69, 9.17) is 9.47 Å². The van der Waals surface area contributed by atoms with Crippen LogP contribution < -0.4 is 9.64 Å². The van der Waals surface area contributed by atoms with Crippen molar-refractivity contribution in [3.05, 3.63) is 18.3 Å². The van der Waals surface area contributed by atoms with Gasteiger partial charge in [-0.05, 0) is 50.7 Å². The molecule has 0 spiro atoms. The quantitative estimate of drug-likeness (QED) is 0.749. The van der Waals surface area contributed by atoms with Gasteiger partial charge in [0.2, 0.25) is 0 Å². The molecule has 3 heterocycles. The van der Waals surface area contributed by atoms with Crippen LogP contribution in [-0.4, -0.2) is 60.8 Å². The zero-order valence-corrected chi connectivity index (χ0v) is 15.6. The Morgan fingerprint density at radius 1 is 1.27 bits per heavy atom. The normalized spacial score (nSPS) is 24.1. The predicted molar refractivity (Wildman–Crippen MR) is 99.4 cm³/mol. The fraction of sp³-hybridized carbons (Fsp3) is 0.700. The zero-order valence-electron chi connectivity index (χ0n) is 15.6. The van der Waals surface area contributed by atoms with E-state index in [1.165, 1.54) is 25.7 Å². The van der Waals surface area contributed by atoms with Gasteiger partial charge in [-0.3, -0.25) is 4.79 Å². The summed E-state index contributed by atoms with van der Waals surface area (Å²) in [6, 6.07) is 3.91. The number of amides is 1. The molecule has 4 rings (SSSR count). The van der Waals surface area contributed by atoms with Crippen LogP contribution in [0.5, 0.6) is 5.75 Å². The number of ether oxygens (including phenoxy) is 2. The number of pyridine rings is 1. The highest BCUT2D eigenvalue weighted by Crippen LogP contribution is 2.31. The van der Waals surface area contributed by atoms with Gasteiger partial charge in [-0.2, -0.15) is 0 Å². The molecule has 1 aliphatic carbocycles. The monoisotopic (exact) mass is 359 g/mol. The molecule has 0 unspecified atom stereocenters. The molecule has 0 radical (unpaired) electrons. The molecule has 1 aromatic heterocycles. The first-order chi connectivity index (χ1) is 12.7. The van der Waals surface area contributed by atoms with Crippen LogP contribution >= 0.6 is 0 Å². The molecule has 3 aliphatic rings. The van der Waals surface area contributed by atoms with Crippen molar-refractivity contribution in [2.75, 3.05) is 37.7 Å². The predicted octanol–water partition coefficient (Wildman–Crippen LogP) is 2.48. The van der Waals surface area contributed by atoms with Gasteiger partial charge in [0.15, 0.2) is 11.6 Å². The summed E-state index contributed by atoms with van der Waals surface area (Å²) in [6.45, 7) is 6.03. The lowest BCUT2D eigenvalue weighted by Gasteiger charge is -2.23. The Bertz CT molecular complexity index is 628. The van der Waals surface area contributed by atoms with Crippen molar-refractivity contribution in [2.24, 2.45) is 5.92 Å². The number of carbonyl (C=O) groups excluding carboxylic acids is 1. The molecular weight excluding hydrogens is 330 g/mol. The number of nitrogens with zero attached hydrogens (tertiary/aromatic N) is 3. The maximum atomic E-state index is 12.6. The third-order valence-corrected chi connectivity index (χ3v) is 5.53. The summed E-state index contributed by atoms with van der Waals surface area (Å²) in [5.74, 6) is 2.54. The molecular formula is C20H29N3O3. The molecule has 3 fully saturated rings. The average molecular weight is 359 g/mol. The first kappa shape index (κ1) is 17.6. The molecule has 2 atom stereocenters. The van der Waals surface area contributed by atoms with Gasteiger partial charge in [-0.15, -0.1) is 0 Å². The summed E-state index contributed by atoms with van der Waals surface area (Å²) < 4.78 is 12.0. The standard InChI is InChI=1S/C20H29N3O3/c1-15(25-14-16-6-7-16)20(24)23-12-8-17(13-23)26-18-5-4-9-21-19(18)22-10-2-3-11-22/h4-5,9,15-17H,2-3,6-8,10-14H2,1H3/t15-,17-/m0/s1. The van der Waals surface area contributed by atoms with Crippen molar-refractivity contribution in [1.29, 1.82) is 0 Å². The highest BCUT2D eigenvalue weighted by atomic mass is 16.5. The third-order valence-electron chi connectivity index (χ3n) is 5.53. The van der Waals surface area contributed by atoms with Gasteiger partial charge in [0.25, 0.3) is 5.91 Å². The topological polar surface area (TPSA) is 54.9 Å².